The molecule has 0 saturated heterocycles. The maximum absolute atomic E-state index is 11.9. The zero-order valence-electron chi connectivity index (χ0n) is 12.5. The van der Waals surface area contributed by atoms with Gasteiger partial charge in [-0.05, 0) is 57.2 Å². The van der Waals surface area contributed by atoms with Gasteiger partial charge in [0.15, 0.2) is 0 Å². The lowest BCUT2D eigenvalue weighted by molar-refractivity contribution is -0.122. The SMILES string of the molecule is CCC(CCN)CCC(=O)NC1CCC(SC)CC1. The monoisotopic (exact) mass is 286 g/mol. The van der Waals surface area contributed by atoms with E-state index in [1.54, 1.807) is 0 Å². The van der Waals surface area contributed by atoms with Gasteiger partial charge in [0.05, 0.1) is 0 Å². The van der Waals surface area contributed by atoms with Gasteiger partial charge in [-0.1, -0.05) is 13.3 Å². The van der Waals surface area contributed by atoms with E-state index in [0.717, 1.165) is 43.9 Å². The maximum Gasteiger partial charge on any atom is 0.220 e. The molecule has 1 saturated carbocycles. The highest BCUT2D eigenvalue weighted by Crippen LogP contribution is 2.27. The largest absolute Gasteiger partial charge is 0.353 e. The molecule has 1 unspecified atom stereocenters. The van der Waals surface area contributed by atoms with Gasteiger partial charge in [0.25, 0.3) is 0 Å². The van der Waals surface area contributed by atoms with E-state index in [1.165, 1.54) is 12.8 Å². The molecule has 1 atom stereocenters. The van der Waals surface area contributed by atoms with E-state index in [-0.39, 0.29) is 5.91 Å². The van der Waals surface area contributed by atoms with E-state index in [2.05, 4.69) is 18.5 Å². The van der Waals surface area contributed by atoms with Gasteiger partial charge in [0, 0.05) is 17.7 Å². The summed E-state index contributed by atoms with van der Waals surface area (Å²) in [6, 6.07) is 0.422. The fraction of sp³-hybridized carbons (Fsp3) is 0.933. The van der Waals surface area contributed by atoms with Crippen molar-refractivity contribution >= 4 is 17.7 Å². The van der Waals surface area contributed by atoms with Gasteiger partial charge in [0.2, 0.25) is 5.91 Å². The Balaban J connectivity index is 2.17. The van der Waals surface area contributed by atoms with Crippen molar-refractivity contribution in [3.8, 4) is 0 Å². The lowest BCUT2D eigenvalue weighted by atomic mass is 9.94. The third kappa shape index (κ3) is 6.66. The first-order valence-electron chi connectivity index (χ1n) is 7.71. The summed E-state index contributed by atoms with van der Waals surface area (Å²) in [5.74, 6) is 0.853. The lowest BCUT2D eigenvalue weighted by Crippen LogP contribution is -2.38. The Morgan fingerprint density at radius 2 is 2.00 bits per heavy atom. The molecule has 1 aliphatic carbocycles. The first-order chi connectivity index (χ1) is 9.19. The van der Waals surface area contributed by atoms with Crippen molar-refractivity contribution in [2.75, 3.05) is 12.8 Å². The average Bonchev–Trinajstić information content (AvgIpc) is 2.44. The predicted octanol–water partition coefficient (Wildman–Crippen LogP) is 2.93. The Bertz CT molecular complexity index is 253. The fourth-order valence-corrected chi connectivity index (χ4v) is 3.61. The van der Waals surface area contributed by atoms with Crippen LogP contribution in [0.5, 0.6) is 0 Å². The summed E-state index contributed by atoms with van der Waals surface area (Å²) in [5, 5.41) is 4.01. The second kappa shape index (κ2) is 9.65. The van der Waals surface area contributed by atoms with E-state index in [1.807, 2.05) is 11.8 Å². The molecule has 0 radical (unpaired) electrons. The van der Waals surface area contributed by atoms with Gasteiger partial charge >= 0.3 is 0 Å². The van der Waals surface area contributed by atoms with Gasteiger partial charge in [-0.15, -0.1) is 0 Å². The lowest BCUT2D eigenvalue weighted by Gasteiger charge is -2.28. The molecule has 19 heavy (non-hydrogen) atoms. The van der Waals surface area contributed by atoms with Crippen LogP contribution >= 0.6 is 11.8 Å². The fourth-order valence-electron chi connectivity index (χ4n) is 2.87. The van der Waals surface area contributed by atoms with Crippen molar-refractivity contribution in [1.82, 2.24) is 5.32 Å². The van der Waals surface area contributed by atoms with Crippen LogP contribution in [-0.2, 0) is 4.79 Å². The van der Waals surface area contributed by atoms with Gasteiger partial charge < -0.3 is 11.1 Å². The Morgan fingerprint density at radius 1 is 1.32 bits per heavy atom. The molecule has 1 fully saturated rings. The number of nitrogens with two attached hydrogens (primary N) is 1. The normalized spacial score (nSPS) is 25.0. The Hall–Kier alpha value is -0.220. The van der Waals surface area contributed by atoms with Gasteiger partial charge in [-0.25, -0.2) is 0 Å². The molecule has 0 spiro atoms. The van der Waals surface area contributed by atoms with E-state index >= 15 is 0 Å². The van der Waals surface area contributed by atoms with Crippen molar-refractivity contribution < 1.29 is 4.79 Å². The molecule has 1 amide bonds. The number of rotatable bonds is 8. The summed E-state index contributed by atoms with van der Waals surface area (Å²) in [5.41, 5.74) is 5.58. The smallest absolute Gasteiger partial charge is 0.220 e. The molecule has 112 valence electrons. The van der Waals surface area contributed by atoms with Crippen LogP contribution in [-0.4, -0.2) is 30.0 Å². The van der Waals surface area contributed by atoms with E-state index < -0.39 is 0 Å². The second-order valence-corrected chi connectivity index (χ2v) is 6.81. The van der Waals surface area contributed by atoms with Crippen LogP contribution < -0.4 is 11.1 Å². The topological polar surface area (TPSA) is 55.1 Å². The highest BCUT2D eigenvalue weighted by Gasteiger charge is 2.21. The van der Waals surface area contributed by atoms with Crippen LogP contribution in [0.3, 0.4) is 0 Å². The van der Waals surface area contributed by atoms with Crippen LogP contribution in [0.2, 0.25) is 0 Å². The minimum atomic E-state index is 0.239. The average molecular weight is 286 g/mol. The number of nitrogens with one attached hydrogen (secondary N) is 1. The molecule has 1 aliphatic rings. The highest BCUT2D eigenvalue weighted by atomic mass is 32.2. The minimum absolute atomic E-state index is 0.239. The van der Waals surface area contributed by atoms with Crippen molar-refractivity contribution in [2.45, 2.75) is 69.6 Å². The molecule has 0 heterocycles. The molecular weight excluding hydrogens is 256 g/mol. The Kier molecular flexibility index (Phi) is 8.55. The number of carbonyl (C=O) groups is 1. The Labute approximate surface area is 122 Å². The summed E-state index contributed by atoms with van der Waals surface area (Å²) < 4.78 is 0. The minimum Gasteiger partial charge on any atom is -0.353 e. The first-order valence-corrected chi connectivity index (χ1v) is 9.00. The van der Waals surface area contributed by atoms with Crippen LogP contribution in [0.1, 0.15) is 58.3 Å². The summed E-state index contributed by atoms with van der Waals surface area (Å²) in [4.78, 5) is 11.9. The van der Waals surface area contributed by atoms with Crippen LogP contribution in [0.15, 0.2) is 0 Å². The number of carbonyl (C=O) groups excluding carboxylic acids is 1. The standard InChI is InChI=1S/C15H30N2OS/c1-3-12(10-11-16)4-9-15(18)17-13-5-7-14(19-2)8-6-13/h12-14H,3-11,16H2,1-2H3,(H,17,18). The zero-order valence-corrected chi connectivity index (χ0v) is 13.3. The van der Waals surface area contributed by atoms with Gasteiger partial charge in [0.1, 0.15) is 0 Å². The van der Waals surface area contributed by atoms with Crippen LogP contribution in [0, 0.1) is 5.92 Å². The third-order valence-corrected chi connectivity index (χ3v) is 5.44. The maximum atomic E-state index is 11.9. The molecular formula is C15H30N2OS. The van der Waals surface area contributed by atoms with Crippen molar-refractivity contribution in [3.63, 3.8) is 0 Å². The molecule has 0 aliphatic heterocycles. The van der Waals surface area contributed by atoms with Crippen LogP contribution in [0.25, 0.3) is 0 Å². The van der Waals surface area contributed by atoms with Crippen molar-refractivity contribution in [3.05, 3.63) is 0 Å². The molecule has 0 aromatic heterocycles. The summed E-state index contributed by atoms with van der Waals surface area (Å²) >= 11 is 1.96. The molecule has 3 N–H and O–H groups in total. The molecule has 4 heteroatoms. The zero-order chi connectivity index (χ0) is 14.1. The molecule has 1 rings (SSSR count). The molecule has 0 aromatic rings. The number of hydrogen-bond acceptors (Lipinski definition) is 3. The number of thioether (sulfide) groups is 1. The highest BCUT2D eigenvalue weighted by molar-refractivity contribution is 7.99. The number of amides is 1. The number of hydrogen-bond donors (Lipinski definition) is 2. The second-order valence-electron chi connectivity index (χ2n) is 5.67. The third-order valence-electron chi connectivity index (χ3n) is 4.30. The quantitative estimate of drug-likeness (QED) is 0.721. The van der Waals surface area contributed by atoms with Crippen LogP contribution in [0.4, 0.5) is 0 Å². The van der Waals surface area contributed by atoms with Gasteiger partial charge in [-0.3, -0.25) is 4.79 Å². The van der Waals surface area contributed by atoms with E-state index in [4.69, 9.17) is 5.73 Å². The van der Waals surface area contributed by atoms with E-state index in [0.29, 0.717) is 18.4 Å². The summed E-state index contributed by atoms with van der Waals surface area (Å²) in [7, 11) is 0. The molecule has 3 nitrogen and oxygen atoms in total. The first kappa shape index (κ1) is 16.8. The van der Waals surface area contributed by atoms with E-state index in [9.17, 15) is 4.79 Å². The summed E-state index contributed by atoms with van der Waals surface area (Å²) in [6.45, 7) is 2.92. The van der Waals surface area contributed by atoms with Crippen molar-refractivity contribution in [2.24, 2.45) is 11.7 Å². The molecule has 0 bridgehead atoms. The van der Waals surface area contributed by atoms with Gasteiger partial charge in [-0.2, -0.15) is 11.8 Å². The summed E-state index contributed by atoms with van der Waals surface area (Å²) in [6.07, 6.45) is 10.8. The Morgan fingerprint density at radius 3 is 2.53 bits per heavy atom. The van der Waals surface area contributed by atoms with Crippen molar-refractivity contribution in [1.29, 1.82) is 0 Å². The predicted molar refractivity (Wildman–Crippen MR) is 84.4 cm³/mol. The molecule has 0 aromatic carbocycles.